The molecule has 2 aromatic rings. The number of halogens is 1. The number of methoxy groups -OCH3 is 2. The number of ether oxygens (including phenoxy) is 3. The van der Waals surface area contributed by atoms with Crippen molar-refractivity contribution in [1.82, 2.24) is 19.6 Å². The van der Waals surface area contributed by atoms with Gasteiger partial charge in [-0.3, -0.25) is 14.2 Å². The van der Waals surface area contributed by atoms with Crippen LogP contribution in [-0.2, 0) is 12.8 Å². The highest BCUT2D eigenvalue weighted by Crippen LogP contribution is 2.42. The summed E-state index contributed by atoms with van der Waals surface area (Å²) in [5.41, 5.74) is 5.99. The first-order valence-corrected chi connectivity index (χ1v) is 18.8. The molecule has 2 aromatic carbocycles. The zero-order valence-electron chi connectivity index (χ0n) is 32.6. The van der Waals surface area contributed by atoms with Gasteiger partial charge in [0.05, 0.1) is 27.5 Å². The molecule has 2 saturated heterocycles. The first kappa shape index (κ1) is 38.6. The predicted molar refractivity (Wildman–Crippen MR) is 201 cm³/mol. The van der Waals surface area contributed by atoms with Gasteiger partial charge in [-0.2, -0.15) is 0 Å². The second-order valence-electron chi connectivity index (χ2n) is 17.6. The summed E-state index contributed by atoms with van der Waals surface area (Å²) in [7, 11) is 7.80. The normalized spacial score (nSPS) is 24.6. The summed E-state index contributed by atoms with van der Waals surface area (Å²) in [6.07, 6.45) is 4.88. The van der Waals surface area contributed by atoms with Crippen LogP contribution in [0.2, 0.25) is 0 Å². The third-order valence-electron chi connectivity index (χ3n) is 11.1. The number of rotatable bonds is 8. The molecule has 0 bridgehead atoms. The number of hydrogen-bond acceptors (Lipinski definition) is 8. The second kappa shape index (κ2) is 16.0. The Kier molecular flexibility index (Phi) is 12.3. The molecule has 0 aromatic heterocycles. The van der Waals surface area contributed by atoms with Crippen molar-refractivity contribution >= 4 is 0 Å². The van der Waals surface area contributed by atoms with Crippen LogP contribution in [0.25, 0.3) is 0 Å². The molecule has 0 aliphatic carbocycles. The Morgan fingerprint density at radius 2 is 1.18 bits per heavy atom. The Morgan fingerprint density at radius 1 is 0.700 bits per heavy atom. The molecule has 4 aliphatic rings. The zero-order valence-corrected chi connectivity index (χ0v) is 32.6. The minimum atomic E-state index is -0.355. The lowest BCUT2D eigenvalue weighted by atomic mass is 9.84. The van der Waals surface area contributed by atoms with Crippen LogP contribution in [0, 0.1) is 10.8 Å². The van der Waals surface area contributed by atoms with Crippen molar-refractivity contribution in [2.45, 2.75) is 97.8 Å². The summed E-state index contributed by atoms with van der Waals surface area (Å²) in [5, 5.41) is 10.0. The lowest BCUT2D eigenvalue weighted by Crippen LogP contribution is -2.55. The van der Waals surface area contributed by atoms with E-state index in [0.29, 0.717) is 53.8 Å². The molecule has 0 amide bonds. The van der Waals surface area contributed by atoms with Crippen LogP contribution in [0.1, 0.15) is 95.1 Å². The highest BCUT2D eigenvalue weighted by atomic mass is 19.1. The largest absolute Gasteiger partial charge is 0.504 e. The van der Waals surface area contributed by atoms with E-state index in [4.69, 9.17) is 14.2 Å². The van der Waals surface area contributed by atoms with Crippen molar-refractivity contribution in [2.75, 3.05) is 80.9 Å². The number of piperazine rings is 2. The summed E-state index contributed by atoms with van der Waals surface area (Å²) in [5.74, 6) is 2.35. The lowest BCUT2D eigenvalue weighted by Gasteiger charge is -2.49. The molecule has 0 spiro atoms. The highest BCUT2D eigenvalue weighted by Gasteiger charge is 2.39. The Balaban J connectivity index is 0.000000197. The van der Waals surface area contributed by atoms with Gasteiger partial charge in [0.2, 0.25) is 0 Å². The monoisotopic (exact) mass is 696 g/mol. The molecule has 0 saturated carbocycles. The quantitative estimate of drug-likeness (QED) is 0.293. The molecule has 4 aliphatic heterocycles. The third-order valence-corrected chi connectivity index (χ3v) is 11.1. The molecule has 2 fully saturated rings. The van der Waals surface area contributed by atoms with Gasteiger partial charge in [0, 0.05) is 69.9 Å². The zero-order chi connectivity index (χ0) is 36.4. The van der Waals surface area contributed by atoms with Gasteiger partial charge in [-0.05, 0) is 97.1 Å². The smallest absolute Gasteiger partial charge is 0.161 e. The fourth-order valence-corrected chi connectivity index (χ4v) is 8.59. The number of aromatic hydroxyl groups is 1. The number of hydrogen-bond donors (Lipinski definition) is 1. The number of fused-ring (bicyclic) bond motifs is 6. The fourth-order valence-electron chi connectivity index (χ4n) is 8.59. The molecule has 9 heteroatoms. The fraction of sp³-hybridized carbons (Fsp3) is 0.707. The van der Waals surface area contributed by atoms with Crippen molar-refractivity contribution in [3.63, 3.8) is 0 Å². The SMILES string of the molecule is COc1cc2c(cc1O)CCN1C[C@@H](CC(C)(C)C)N(C)C[C@@H]21.COc1cc2c(cc1OCCCF)CCN1C[C@@H](CC(C)(C)C)N(C)C[C@@H]21. The van der Waals surface area contributed by atoms with Crippen molar-refractivity contribution in [2.24, 2.45) is 10.8 Å². The molecular weight excluding hydrogens is 631 g/mol. The van der Waals surface area contributed by atoms with Gasteiger partial charge in [0.15, 0.2) is 23.0 Å². The summed E-state index contributed by atoms with van der Waals surface area (Å²) in [4.78, 5) is 10.3. The van der Waals surface area contributed by atoms with Crippen molar-refractivity contribution in [3.8, 4) is 23.0 Å². The number of alkyl halides is 1. The summed E-state index contributed by atoms with van der Waals surface area (Å²) < 4.78 is 29.1. The van der Waals surface area contributed by atoms with E-state index in [0.717, 1.165) is 63.6 Å². The van der Waals surface area contributed by atoms with E-state index in [1.807, 2.05) is 12.1 Å². The molecule has 0 unspecified atom stereocenters. The molecule has 8 nitrogen and oxygen atoms in total. The maximum absolute atomic E-state index is 12.4. The van der Waals surface area contributed by atoms with Gasteiger partial charge in [-0.15, -0.1) is 0 Å². The van der Waals surface area contributed by atoms with E-state index in [1.54, 1.807) is 14.2 Å². The number of benzene rings is 2. The van der Waals surface area contributed by atoms with Crippen LogP contribution >= 0.6 is 0 Å². The standard InChI is InChI=1S/C22H35FN2O2.C19H30N2O2/c1-22(2,3)13-17-14-25-9-7-16-11-21(27-10-6-8-23)20(26-5)12-18(16)19(25)15-24(17)4;1-19(2,3)10-14-11-21-7-6-13-8-17(22)18(23-5)9-15(13)16(21)12-20(14)4/h11-12,17,19H,6-10,13-15H2,1-5H3;8-9,14,16,22H,6-7,10-12H2,1-5H3/t17-,19+;14-,16+/m11/s1. The van der Waals surface area contributed by atoms with Gasteiger partial charge < -0.3 is 29.1 Å². The molecule has 6 rings (SSSR count). The predicted octanol–water partition coefficient (Wildman–Crippen LogP) is 7.13. The highest BCUT2D eigenvalue weighted by molar-refractivity contribution is 5.50. The van der Waals surface area contributed by atoms with Gasteiger partial charge in [0.25, 0.3) is 0 Å². The molecular formula is C41H65FN4O4. The Hall–Kier alpha value is -2.59. The van der Waals surface area contributed by atoms with Crippen molar-refractivity contribution in [3.05, 3.63) is 46.5 Å². The van der Waals surface area contributed by atoms with Crippen LogP contribution in [0.3, 0.4) is 0 Å². The molecule has 50 heavy (non-hydrogen) atoms. The van der Waals surface area contributed by atoms with Crippen LogP contribution < -0.4 is 14.2 Å². The molecule has 4 heterocycles. The van der Waals surface area contributed by atoms with Gasteiger partial charge in [-0.1, -0.05) is 41.5 Å². The molecule has 4 atom stereocenters. The Morgan fingerprint density at radius 3 is 1.64 bits per heavy atom. The van der Waals surface area contributed by atoms with Crippen molar-refractivity contribution < 1.29 is 23.7 Å². The van der Waals surface area contributed by atoms with Crippen LogP contribution in [0.5, 0.6) is 23.0 Å². The van der Waals surface area contributed by atoms with Crippen LogP contribution in [0.4, 0.5) is 4.39 Å². The molecule has 1 N–H and O–H groups in total. The average molecular weight is 697 g/mol. The topological polar surface area (TPSA) is 60.9 Å². The summed E-state index contributed by atoms with van der Waals surface area (Å²) >= 11 is 0. The minimum Gasteiger partial charge on any atom is -0.504 e. The second-order valence-corrected chi connectivity index (χ2v) is 17.6. The van der Waals surface area contributed by atoms with Crippen molar-refractivity contribution in [1.29, 1.82) is 0 Å². The first-order valence-electron chi connectivity index (χ1n) is 18.8. The van der Waals surface area contributed by atoms with E-state index in [1.165, 1.54) is 35.1 Å². The summed E-state index contributed by atoms with van der Waals surface area (Å²) in [6, 6.07) is 10.2. The average Bonchev–Trinajstić information content (AvgIpc) is 3.04. The number of nitrogens with zero attached hydrogens (tertiary/aromatic N) is 4. The number of likely N-dealkylation sites (N-methyl/N-ethyl adjacent to an activating group) is 2. The Labute approximate surface area is 301 Å². The maximum atomic E-state index is 12.4. The number of phenolic OH excluding ortho intramolecular Hbond substituents is 1. The van der Waals surface area contributed by atoms with E-state index in [2.05, 4.69) is 87.4 Å². The summed E-state index contributed by atoms with van der Waals surface area (Å²) in [6.45, 7) is 20.5. The van der Waals surface area contributed by atoms with E-state index in [9.17, 15) is 9.50 Å². The van der Waals surface area contributed by atoms with E-state index in [-0.39, 0.29) is 12.4 Å². The third kappa shape index (κ3) is 9.25. The molecule has 280 valence electrons. The molecule has 0 radical (unpaired) electrons. The van der Waals surface area contributed by atoms with Gasteiger partial charge >= 0.3 is 0 Å². The maximum Gasteiger partial charge on any atom is 0.161 e. The first-order chi connectivity index (χ1) is 23.6. The minimum absolute atomic E-state index is 0.259. The number of phenols is 1. The van der Waals surface area contributed by atoms with Crippen LogP contribution in [-0.4, -0.2) is 118 Å². The van der Waals surface area contributed by atoms with Crippen LogP contribution in [0.15, 0.2) is 24.3 Å². The van der Waals surface area contributed by atoms with Gasteiger partial charge in [0.1, 0.15) is 0 Å². The van der Waals surface area contributed by atoms with E-state index >= 15 is 0 Å². The Bertz CT molecular complexity index is 1440. The van der Waals surface area contributed by atoms with Gasteiger partial charge in [-0.25, -0.2) is 0 Å². The lowest BCUT2D eigenvalue weighted by molar-refractivity contribution is 0.0213. The van der Waals surface area contributed by atoms with E-state index < -0.39 is 0 Å².